The highest BCUT2D eigenvalue weighted by Crippen LogP contribution is 2.32. The number of hydrazine groups is 1. The summed E-state index contributed by atoms with van der Waals surface area (Å²) in [6.07, 6.45) is -3.30. The standard InChI is InChI=1S/C16H11F3N2O3/c1-9-5-6-12(24-9)8-13-14(22)20-21(15(13)23)11-4-2-3-10(7-11)16(17,18)19/h2-8H,1H3,(H,20,22). The Hall–Kier alpha value is -3.03. The molecule has 0 aliphatic carbocycles. The molecule has 1 aromatic heterocycles. The van der Waals surface area contributed by atoms with Crippen molar-refractivity contribution >= 4 is 23.6 Å². The summed E-state index contributed by atoms with van der Waals surface area (Å²) in [6, 6.07) is 7.37. The lowest BCUT2D eigenvalue weighted by atomic mass is 10.1. The molecule has 8 heteroatoms. The summed E-state index contributed by atoms with van der Waals surface area (Å²) < 4.78 is 43.6. The second-order valence-electron chi connectivity index (χ2n) is 5.14. The Morgan fingerprint density at radius 1 is 1.17 bits per heavy atom. The van der Waals surface area contributed by atoms with Gasteiger partial charge in [0.1, 0.15) is 17.1 Å². The van der Waals surface area contributed by atoms with Crippen LogP contribution in [0.15, 0.2) is 46.4 Å². The maximum absolute atomic E-state index is 12.8. The number of alkyl halides is 3. The third kappa shape index (κ3) is 2.90. The molecule has 1 aliphatic heterocycles. The predicted octanol–water partition coefficient (Wildman–Crippen LogP) is 3.07. The van der Waals surface area contributed by atoms with Crippen LogP contribution < -0.4 is 10.4 Å². The number of halogens is 3. The van der Waals surface area contributed by atoms with Gasteiger partial charge >= 0.3 is 6.18 Å². The zero-order valence-electron chi connectivity index (χ0n) is 12.3. The number of rotatable bonds is 2. The summed E-state index contributed by atoms with van der Waals surface area (Å²) in [5.74, 6) is -0.570. The van der Waals surface area contributed by atoms with Gasteiger partial charge in [-0.05, 0) is 43.3 Å². The van der Waals surface area contributed by atoms with Crippen LogP contribution in [0.2, 0.25) is 0 Å². The molecule has 0 atom stereocenters. The first kappa shape index (κ1) is 15.9. The van der Waals surface area contributed by atoms with Gasteiger partial charge in [-0.2, -0.15) is 13.2 Å². The molecule has 124 valence electrons. The molecule has 2 aromatic rings. The number of hydrogen-bond acceptors (Lipinski definition) is 3. The van der Waals surface area contributed by atoms with Crippen molar-refractivity contribution < 1.29 is 27.2 Å². The molecule has 0 saturated carbocycles. The van der Waals surface area contributed by atoms with Gasteiger partial charge in [0.05, 0.1) is 11.3 Å². The number of amides is 2. The van der Waals surface area contributed by atoms with Crippen LogP contribution in [0.3, 0.4) is 0 Å². The quantitative estimate of drug-likeness (QED) is 0.677. The van der Waals surface area contributed by atoms with Gasteiger partial charge in [0.25, 0.3) is 11.8 Å². The minimum Gasteiger partial charge on any atom is -0.462 e. The molecule has 3 rings (SSSR count). The van der Waals surface area contributed by atoms with Crippen LogP contribution in [0, 0.1) is 6.92 Å². The molecular weight excluding hydrogens is 325 g/mol. The number of hydrogen-bond donors (Lipinski definition) is 1. The predicted molar refractivity (Wildman–Crippen MR) is 78.5 cm³/mol. The van der Waals surface area contributed by atoms with Crippen LogP contribution >= 0.6 is 0 Å². The number of anilines is 1. The van der Waals surface area contributed by atoms with Gasteiger partial charge in [-0.15, -0.1) is 0 Å². The third-order valence-corrected chi connectivity index (χ3v) is 3.37. The molecule has 1 aromatic carbocycles. The molecule has 1 N–H and O–H groups in total. The maximum Gasteiger partial charge on any atom is 0.416 e. The van der Waals surface area contributed by atoms with E-state index in [1.54, 1.807) is 19.1 Å². The first-order valence-corrected chi connectivity index (χ1v) is 6.86. The van der Waals surface area contributed by atoms with Crippen LogP contribution in [-0.2, 0) is 15.8 Å². The lowest BCUT2D eigenvalue weighted by molar-refractivity contribution is -0.137. The van der Waals surface area contributed by atoms with E-state index in [9.17, 15) is 22.8 Å². The van der Waals surface area contributed by atoms with Crippen molar-refractivity contribution in [1.29, 1.82) is 0 Å². The molecule has 0 bridgehead atoms. The van der Waals surface area contributed by atoms with Crippen molar-refractivity contribution in [3.05, 3.63) is 59.1 Å². The molecule has 24 heavy (non-hydrogen) atoms. The Bertz CT molecular complexity index is 852. The first-order chi connectivity index (χ1) is 11.3. The van der Waals surface area contributed by atoms with Crippen LogP contribution in [0.25, 0.3) is 6.08 Å². The van der Waals surface area contributed by atoms with Gasteiger partial charge in [0, 0.05) is 0 Å². The molecule has 1 aliphatic rings. The Morgan fingerprint density at radius 2 is 1.92 bits per heavy atom. The Labute approximate surface area is 134 Å². The second kappa shape index (κ2) is 5.55. The van der Waals surface area contributed by atoms with Crippen molar-refractivity contribution in [1.82, 2.24) is 5.43 Å². The van der Waals surface area contributed by atoms with Gasteiger partial charge in [0.2, 0.25) is 0 Å². The summed E-state index contributed by atoms with van der Waals surface area (Å²) >= 11 is 0. The molecular formula is C16H11F3N2O3. The molecule has 0 spiro atoms. The van der Waals surface area contributed by atoms with Crippen LogP contribution in [-0.4, -0.2) is 11.8 Å². The molecule has 2 heterocycles. The summed E-state index contributed by atoms with van der Waals surface area (Å²) in [5.41, 5.74) is 1.03. The van der Waals surface area contributed by atoms with Gasteiger partial charge in [0.15, 0.2) is 0 Å². The number of benzene rings is 1. The van der Waals surface area contributed by atoms with E-state index in [1.165, 1.54) is 12.1 Å². The number of aryl methyl sites for hydroxylation is 1. The molecule has 0 radical (unpaired) electrons. The van der Waals surface area contributed by atoms with Crippen molar-refractivity contribution in [2.75, 3.05) is 5.01 Å². The third-order valence-electron chi connectivity index (χ3n) is 3.37. The summed E-state index contributed by atoms with van der Waals surface area (Å²) in [6.45, 7) is 1.70. The maximum atomic E-state index is 12.8. The second-order valence-corrected chi connectivity index (χ2v) is 5.14. The number of carbonyl (C=O) groups excluding carboxylic acids is 2. The van der Waals surface area contributed by atoms with E-state index >= 15 is 0 Å². The van der Waals surface area contributed by atoms with Gasteiger partial charge in [-0.25, -0.2) is 5.01 Å². The van der Waals surface area contributed by atoms with E-state index in [4.69, 9.17) is 4.42 Å². The topological polar surface area (TPSA) is 62.6 Å². The number of furan rings is 1. The highest BCUT2D eigenvalue weighted by Gasteiger charge is 2.36. The highest BCUT2D eigenvalue weighted by molar-refractivity contribution is 6.31. The first-order valence-electron chi connectivity index (χ1n) is 6.86. The highest BCUT2D eigenvalue weighted by atomic mass is 19.4. The number of nitrogens with zero attached hydrogens (tertiary/aromatic N) is 1. The Morgan fingerprint density at radius 3 is 2.54 bits per heavy atom. The van der Waals surface area contributed by atoms with E-state index in [1.807, 2.05) is 0 Å². The number of nitrogens with one attached hydrogen (secondary N) is 1. The minimum absolute atomic E-state index is 0.0813. The van der Waals surface area contributed by atoms with Crippen molar-refractivity contribution in [3.8, 4) is 0 Å². The lowest BCUT2D eigenvalue weighted by Crippen LogP contribution is -2.35. The van der Waals surface area contributed by atoms with Crippen LogP contribution in [0.5, 0.6) is 0 Å². The monoisotopic (exact) mass is 336 g/mol. The van der Waals surface area contributed by atoms with Crippen LogP contribution in [0.1, 0.15) is 17.1 Å². The lowest BCUT2D eigenvalue weighted by Gasteiger charge is -2.16. The molecule has 0 unspecified atom stereocenters. The fraction of sp³-hybridized carbons (Fsp3) is 0.125. The van der Waals surface area contributed by atoms with E-state index in [2.05, 4.69) is 5.43 Å². The van der Waals surface area contributed by atoms with Gasteiger partial charge < -0.3 is 4.42 Å². The Balaban J connectivity index is 1.93. The van der Waals surface area contributed by atoms with Crippen molar-refractivity contribution in [2.24, 2.45) is 0 Å². The van der Waals surface area contributed by atoms with Crippen molar-refractivity contribution in [3.63, 3.8) is 0 Å². The van der Waals surface area contributed by atoms with Crippen molar-refractivity contribution in [2.45, 2.75) is 13.1 Å². The van der Waals surface area contributed by atoms with Gasteiger partial charge in [-0.3, -0.25) is 15.0 Å². The number of carbonyl (C=O) groups is 2. The average Bonchev–Trinajstić information content (AvgIpc) is 3.05. The van der Waals surface area contributed by atoms with E-state index < -0.39 is 23.6 Å². The fourth-order valence-electron chi connectivity index (χ4n) is 2.23. The summed E-state index contributed by atoms with van der Waals surface area (Å²) in [7, 11) is 0. The van der Waals surface area contributed by atoms with E-state index in [-0.39, 0.29) is 11.3 Å². The van der Waals surface area contributed by atoms with Crippen LogP contribution in [0.4, 0.5) is 18.9 Å². The zero-order valence-corrected chi connectivity index (χ0v) is 12.3. The Kier molecular flexibility index (Phi) is 3.67. The molecule has 1 fully saturated rings. The smallest absolute Gasteiger partial charge is 0.416 e. The summed E-state index contributed by atoms with van der Waals surface area (Å²) in [5, 5.41) is 0.777. The molecule has 1 saturated heterocycles. The van der Waals surface area contributed by atoms with Gasteiger partial charge in [-0.1, -0.05) is 6.07 Å². The molecule has 2 amide bonds. The SMILES string of the molecule is Cc1ccc(C=C2C(=O)NN(c3cccc(C(F)(F)F)c3)C2=O)o1. The fourth-order valence-corrected chi connectivity index (χ4v) is 2.23. The minimum atomic E-state index is -4.55. The summed E-state index contributed by atoms with van der Waals surface area (Å²) in [4.78, 5) is 24.3. The van der Waals surface area contributed by atoms with E-state index in [0.29, 0.717) is 11.5 Å². The zero-order chi connectivity index (χ0) is 17.5. The average molecular weight is 336 g/mol. The van der Waals surface area contributed by atoms with E-state index in [0.717, 1.165) is 23.2 Å². The normalized spacial score (nSPS) is 16.8. The largest absolute Gasteiger partial charge is 0.462 e. The molecule has 5 nitrogen and oxygen atoms in total.